The molecule has 106 valence electrons. The molecule has 1 saturated heterocycles. The van der Waals surface area contributed by atoms with Gasteiger partial charge in [-0.05, 0) is 25.5 Å². The van der Waals surface area contributed by atoms with Crippen molar-refractivity contribution in [3.05, 3.63) is 21.9 Å². The highest BCUT2D eigenvalue weighted by atomic mass is 32.1. The zero-order valence-corrected chi connectivity index (χ0v) is 12.5. The maximum absolute atomic E-state index is 12.4. The number of aliphatic hydroxyl groups is 1. The van der Waals surface area contributed by atoms with E-state index in [1.807, 2.05) is 30.9 Å². The Morgan fingerprint density at radius 1 is 1.63 bits per heavy atom. The Morgan fingerprint density at radius 2 is 2.37 bits per heavy atom. The van der Waals surface area contributed by atoms with Crippen LogP contribution in [0.2, 0.25) is 0 Å². The minimum atomic E-state index is -0.659. The summed E-state index contributed by atoms with van der Waals surface area (Å²) in [5, 5.41) is 10.1. The SMILES string of the molecule is COCc1ccc(C(=O)N2CC[C@](C)(O)[C@H](C)C2)s1. The summed E-state index contributed by atoms with van der Waals surface area (Å²) in [5.41, 5.74) is -0.659. The molecular formula is C14H21NO3S. The van der Waals surface area contributed by atoms with Gasteiger partial charge >= 0.3 is 0 Å². The van der Waals surface area contributed by atoms with E-state index in [0.717, 1.165) is 9.75 Å². The molecule has 0 radical (unpaired) electrons. The van der Waals surface area contributed by atoms with Crippen LogP contribution in [0.3, 0.4) is 0 Å². The van der Waals surface area contributed by atoms with Gasteiger partial charge < -0.3 is 14.7 Å². The van der Waals surface area contributed by atoms with E-state index in [9.17, 15) is 9.90 Å². The number of carbonyl (C=O) groups excluding carboxylic acids is 1. The molecule has 0 aliphatic carbocycles. The van der Waals surface area contributed by atoms with E-state index in [1.165, 1.54) is 11.3 Å². The lowest BCUT2D eigenvalue weighted by Crippen LogP contribution is -2.50. The summed E-state index contributed by atoms with van der Waals surface area (Å²) in [6, 6.07) is 3.80. The van der Waals surface area contributed by atoms with Crippen molar-refractivity contribution in [3.8, 4) is 0 Å². The van der Waals surface area contributed by atoms with Gasteiger partial charge in [-0.3, -0.25) is 4.79 Å². The van der Waals surface area contributed by atoms with Gasteiger partial charge in [0.2, 0.25) is 0 Å². The van der Waals surface area contributed by atoms with E-state index < -0.39 is 5.60 Å². The zero-order chi connectivity index (χ0) is 14.0. The first-order chi connectivity index (χ1) is 8.94. The molecule has 0 unspecified atom stereocenters. The first kappa shape index (κ1) is 14.5. The number of methoxy groups -OCH3 is 1. The molecular weight excluding hydrogens is 262 g/mol. The van der Waals surface area contributed by atoms with E-state index in [0.29, 0.717) is 26.1 Å². The third-order valence-electron chi connectivity index (χ3n) is 3.89. The topological polar surface area (TPSA) is 49.8 Å². The molecule has 1 N–H and O–H groups in total. The number of hydrogen-bond donors (Lipinski definition) is 1. The highest BCUT2D eigenvalue weighted by Gasteiger charge is 2.36. The van der Waals surface area contributed by atoms with Crippen LogP contribution in [0.5, 0.6) is 0 Å². The van der Waals surface area contributed by atoms with Gasteiger partial charge in [0.05, 0.1) is 17.1 Å². The molecule has 0 spiro atoms. The van der Waals surface area contributed by atoms with Crippen LogP contribution in [0, 0.1) is 5.92 Å². The molecule has 0 saturated carbocycles. The van der Waals surface area contributed by atoms with E-state index in [4.69, 9.17) is 4.74 Å². The third kappa shape index (κ3) is 3.16. The minimum absolute atomic E-state index is 0.0645. The van der Waals surface area contributed by atoms with Gasteiger partial charge in [0, 0.05) is 31.0 Å². The number of hydrogen-bond acceptors (Lipinski definition) is 4. The lowest BCUT2D eigenvalue weighted by molar-refractivity contribution is -0.0438. The highest BCUT2D eigenvalue weighted by molar-refractivity contribution is 7.14. The summed E-state index contributed by atoms with van der Waals surface area (Å²) in [7, 11) is 1.65. The average molecular weight is 283 g/mol. The number of nitrogens with zero attached hydrogens (tertiary/aromatic N) is 1. The first-order valence-electron chi connectivity index (χ1n) is 6.53. The molecule has 19 heavy (non-hydrogen) atoms. The van der Waals surface area contributed by atoms with Gasteiger partial charge in [-0.2, -0.15) is 0 Å². The fraction of sp³-hybridized carbons (Fsp3) is 0.643. The Kier molecular flexibility index (Phi) is 4.28. The van der Waals surface area contributed by atoms with Crippen molar-refractivity contribution in [2.45, 2.75) is 32.5 Å². The van der Waals surface area contributed by atoms with Crippen molar-refractivity contribution in [3.63, 3.8) is 0 Å². The maximum atomic E-state index is 12.4. The van der Waals surface area contributed by atoms with Gasteiger partial charge in [-0.15, -0.1) is 11.3 Å². The van der Waals surface area contributed by atoms with E-state index in [2.05, 4.69) is 0 Å². The van der Waals surface area contributed by atoms with Crippen LogP contribution in [0.25, 0.3) is 0 Å². The monoisotopic (exact) mass is 283 g/mol. The lowest BCUT2D eigenvalue weighted by Gasteiger charge is -2.40. The molecule has 1 aromatic rings. The summed E-state index contributed by atoms with van der Waals surface area (Å²) >= 11 is 1.48. The molecule has 2 atom stereocenters. The Balaban J connectivity index is 2.03. The number of piperidine rings is 1. The van der Waals surface area contributed by atoms with Crippen molar-refractivity contribution in [1.29, 1.82) is 0 Å². The molecule has 2 rings (SSSR count). The number of rotatable bonds is 3. The number of carbonyl (C=O) groups is 1. The second-order valence-electron chi connectivity index (χ2n) is 5.46. The van der Waals surface area contributed by atoms with Crippen LogP contribution in [-0.2, 0) is 11.3 Å². The predicted molar refractivity (Wildman–Crippen MR) is 75.3 cm³/mol. The quantitative estimate of drug-likeness (QED) is 0.924. The summed E-state index contributed by atoms with van der Waals surface area (Å²) in [5.74, 6) is 0.165. The molecule has 1 aromatic heterocycles. The maximum Gasteiger partial charge on any atom is 0.263 e. The molecule has 1 fully saturated rings. The summed E-state index contributed by atoms with van der Waals surface area (Å²) in [6.07, 6.45) is 0.635. The van der Waals surface area contributed by atoms with Crippen molar-refractivity contribution in [2.24, 2.45) is 5.92 Å². The molecule has 1 aliphatic rings. The Labute approximate surface area is 118 Å². The van der Waals surface area contributed by atoms with Gasteiger partial charge in [0.1, 0.15) is 0 Å². The smallest absolute Gasteiger partial charge is 0.263 e. The molecule has 0 bridgehead atoms. The van der Waals surface area contributed by atoms with Crippen LogP contribution < -0.4 is 0 Å². The largest absolute Gasteiger partial charge is 0.390 e. The van der Waals surface area contributed by atoms with Crippen LogP contribution in [-0.4, -0.2) is 41.7 Å². The second kappa shape index (κ2) is 5.61. The van der Waals surface area contributed by atoms with Gasteiger partial charge in [0.25, 0.3) is 5.91 Å². The molecule has 1 amide bonds. The van der Waals surface area contributed by atoms with E-state index >= 15 is 0 Å². The molecule has 4 nitrogen and oxygen atoms in total. The van der Waals surface area contributed by atoms with Crippen LogP contribution >= 0.6 is 11.3 Å². The number of amides is 1. The Hall–Kier alpha value is -0.910. The molecule has 2 heterocycles. The molecule has 1 aliphatic heterocycles. The van der Waals surface area contributed by atoms with Gasteiger partial charge in [-0.1, -0.05) is 6.92 Å². The average Bonchev–Trinajstić information content (AvgIpc) is 2.81. The molecule has 0 aromatic carbocycles. The number of likely N-dealkylation sites (tertiary alicyclic amines) is 1. The van der Waals surface area contributed by atoms with Crippen molar-refractivity contribution in [1.82, 2.24) is 4.90 Å². The van der Waals surface area contributed by atoms with Crippen LogP contribution in [0.4, 0.5) is 0 Å². The zero-order valence-electron chi connectivity index (χ0n) is 11.7. The van der Waals surface area contributed by atoms with E-state index in [-0.39, 0.29) is 11.8 Å². The van der Waals surface area contributed by atoms with Crippen LogP contribution in [0.15, 0.2) is 12.1 Å². The van der Waals surface area contributed by atoms with Crippen LogP contribution in [0.1, 0.15) is 34.8 Å². The summed E-state index contributed by atoms with van der Waals surface area (Å²) < 4.78 is 5.06. The standard InChI is InChI=1S/C14H21NO3S/c1-10-8-15(7-6-14(10,2)17)13(16)12-5-4-11(19-12)9-18-3/h4-5,10,17H,6-9H2,1-3H3/t10-,14+/m1/s1. The Bertz CT molecular complexity index is 455. The fourth-order valence-electron chi connectivity index (χ4n) is 2.28. The molecule has 5 heteroatoms. The summed E-state index contributed by atoms with van der Waals surface area (Å²) in [4.78, 5) is 16.0. The van der Waals surface area contributed by atoms with Crippen molar-refractivity contribution in [2.75, 3.05) is 20.2 Å². The number of ether oxygens (including phenoxy) is 1. The fourth-order valence-corrected chi connectivity index (χ4v) is 3.23. The first-order valence-corrected chi connectivity index (χ1v) is 7.35. The Morgan fingerprint density at radius 3 is 3.00 bits per heavy atom. The van der Waals surface area contributed by atoms with E-state index in [1.54, 1.807) is 7.11 Å². The summed E-state index contributed by atoms with van der Waals surface area (Å²) in [6.45, 7) is 5.62. The minimum Gasteiger partial charge on any atom is -0.390 e. The van der Waals surface area contributed by atoms with Crippen molar-refractivity contribution < 1.29 is 14.6 Å². The second-order valence-corrected chi connectivity index (χ2v) is 6.63. The third-order valence-corrected chi connectivity index (χ3v) is 4.94. The predicted octanol–water partition coefficient (Wildman–Crippen LogP) is 2.13. The van der Waals surface area contributed by atoms with Gasteiger partial charge in [-0.25, -0.2) is 0 Å². The van der Waals surface area contributed by atoms with Crippen molar-refractivity contribution >= 4 is 17.2 Å². The number of thiophene rings is 1. The normalized spacial score (nSPS) is 27.6. The lowest BCUT2D eigenvalue weighted by atomic mass is 9.84. The highest BCUT2D eigenvalue weighted by Crippen LogP contribution is 2.29. The van der Waals surface area contributed by atoms with Gasteiger partial charge in [0.15, 0.2) is 0 Å².